The average molecular weight is 249 g/mol. The van der Waals surface area contributed by atoms with E-state index in [4.69, 9.17) is 4.74 Å². The van der Waals surface area contributed by atoms with Gasteiger partial charge in [0.05, 0.1) is 12.8 Å². The quantitative estimate of drug-likeness (QED) is 0.835. The molecule has 6 nitrogen and oxygen atoms in total. The van der Waals surface area contributed by atoms with Crippen LogP contribution in [-0.4, -0.2) is 48.2 Å². The topological polar surface area (TPSA) is 54.7 Å². The highest BCUT2D eigenvalue weighted by Gasteiger charge is 2.11. The minimum atomic E-state index is 0.663. The molecule has 0 fully saturated rings. The van der Waals surface area contributed by atoms with Crippen molar-refractivity contribution in [2.45, 2.75) is 6.92 Å². The molecule has 98 valence electrons. The van der Waals surface area contributed by atoms with Gasteiger partial charge in [-0.15, -0.1) is 0 Å². The predicted molar refractivity (Wildman–Crippen MR) is 72.3 cm³/mol. The van der Waals surface area contributed by atoms with Crippen LogP contribution in [0.4, 0.5) is 11.6 Å². The Kier molecular flexibility index (Phi) is 3.99. The third-order valence-electron chi connectivity index (χ3n) is 2.71. The first-order valence-electron chi connectivity index (χ1n) is 6.04. The molecule has 6 heteroatoms. The van der Waals surface area contributed by atoms with Crippen molar-refractivity contribution in [2.75, 3.05) is 44.1 Å². The maximum Gasteiger partial charge on any atom is 0.180 e. The van der Waals surface area contributed by atoms with Crippen LogP contribution >= 0.6 is 0 Å². The molecule has 2 aromatic rings. The highest BCUT2D eigenvalue weighted by molar-refractivity contribution is 5.66. The van der Waals surface area contributed by atoms with Gasteiger partial charge in [-0.05, 0) is 6.92 Å². The van der Waals surface area contributed by atoms with Crippen LogP contribution in [0.25, 0.3) is 5.65 Å². The van der Waals surface area contributed by atoms with E-state index >= 15 is 0 Å². The number of nitrogens with one attached hydrogen (secondary N) is 1. The number of hydrogen-bond donors (Lipinski definition) is 1. The number of hydrogen-bond acceptors (Lipinski definition) is 5. The number of aromatic nitrogens is 3. The van der Waals surface area contributed by atoms with Crippen molar-refractivity contribution in [3.8, 4) is 0 Å². The van der Waals surface area contributed by atoms with E-state index in [1.165, 1.54) is 0 Å². The SMILES string of the molecule is CCNc1cn2ccnc2c(N(C)CCOC)n1. The molecule has 0 saturated heterocycles. The second kappa shape index (κ2) is 5.68. The molecule has 0 aliphatic heterocycles. The van der Waals surface area contributed by atoms with Crippen LogP contribution in [0, 0.1) is 0 Å². The lowest BCUT2D eigenvalue weighted by Crippen LogP contribution is -2.24. The lowest BCUT2D eigenvalue weighted by Gasteiger charge is -2.19. The summed E-state index contributed by atoms with van der Waals surface area (Å²) in [5, 5.41) is 3.22. The Morgan fingerprint density at radius 2 is 2.33 bits per heavy atom. The maximum absolute atomic E-state index is 5.09. The minimum absolute atomic E-state index is 0.663. The number of fused-ring (bicyclic) bond motifs is 1. The van der Waals surface area contributed by atoms with Crippen LogP contribution in [0.2, 0.25) is 0 Å². The lowest BCUT2D eigenvalue weighted by atomic mass is 10.5. The number of likely N-dealkylation sites (N-methyl/N-ethyl adjacent to an activating group) is 1. The Bertz CT molecular complexity index is 510. The molecular formula is C12H19N5O. The average Bonchev–Trinajstić information content (AvgIpc) is 2.83. The van der Waals surface area contributed by atoms with Crippen LogP contribution in [0.3, 0.4) is 0 Å². The van der Waals surface area contributed by atoms with Gasteiger partial charge in [-0.3, -0.25) is 0 Å². The molecule has 0 aliphatic carbocycles. The second-order valence-corrected chi connectivity index (χ2v) is 4.05. The van der Waals surface area contributed by atoms with Crippen molar-refractivity contribution in [2.24, 2.45) is 0 Å². The highest BCUT2D eigenvalue weighted by atomic mass is 16.5. The van der Waals surface area contributed by atoms with E-state index in [0.717, 1.165) is 30.4 Å². The van der Waals surface area contributed by atoms with Crippen LogP contribution in [0.5, 0.6) is 0 Å². The lowest BCUT2D eigenvalue weighted by molar-refractivity contribution is 0.206. The first kappa shape index (κ1) is 12.6. The van der Waals surface area contributed by atoms with Gasteiger partial charge in [-0.1, -0.05) is 0 Å². The minimum Gasteiger partial charge on any atom is -0.383 e. The van der Waals surface area contributed by atoms with Crippen LogP contribution in [0.1, 0.15) is 6.92 Å². The van der Waals surface area contributed by atoms with Crippen molar-refractivity contribution in [3.05, 3.63) is 18.6 Å². The van der Waals surface area contributed by atoms with E-state index in [-0.39, 0.29) is 0 Å². The van der Waals surface area contributed by atoms with Gasteiger partial charge in [0.25, 0.3) is 0 Å². The first-order chi connectivity index (χ1) is 8.76. The van der Waals surface area contributed by atoms with Gasteiger partial charge < -0.3 is 19.4 Å². The summed E-state index contributed by atoms with van der Waals surface area (Å²) in [4.78, 5) is 11.0. The van der Waals surface area contributed by atoms with Gasteiger partial charge in [0, 0.05) is 39.6 Å². The number of rotatable bonds is 6. The van der Waals surface area contributed by atoms with E-state index in [1.54, 1.807) is 13.3 Å². The van der Waals surface area contributed by atoms with Crippen LogP contribution in [-0.2, 0) is 4.74 Å². The molecule has 2 heterocycles. The summed E-state index contributed by atoms with van der Waals surface area (Å²) in [5.41, 5.74) is 0.857. The summed E-state index contributed by atoms with van der Waals surface area (Å²) in [6.45, 7) is 4.33. The molecule has 0 spiro atoms. The van der Waals surface area contributed by atoms with E-state index in [1.807, 2.05) is 35.7 Å². The largest absolute Gasteiger partial charge is 0.383 e. The molecule has 2 aromatic heterocycles. The first-order valence-corrected chi connectivity index (χ1v) is 6.04. The van der Waals surface area contributed by atoms with Crippen LogP contribution < -0.4 is 10.2 Å². The normalized spacial score (nSPS) is 10.8. The molecule has 0 saturated carbocycles. The number of ether oxygens (including phenoxy) is 1. The van der Waals surface area contributed by atoms with Gasteiger partial charge in [-0.2, -0.15) is 0 Å². The highest BCUT2D eigenvalue weighted by Crippen LogP contribution is 2.19. The second-order valence-electron chi connectivity index (χ2n) is 4.05. The fourth-order valence-electron chi connectivity index (χ4n) is 1.77. The van der Waals surface area contributed by atoms with Crippen molar-refractivity contribution in [1.29, 1.82) is 0 Å². The molecule has 1 N–H and O–H groups in total. The number of methoxy groups -OCH3 is 1. The van der Waals surface area contributed by atoms with E-state index < -0.39 is 0 Å². The maximum atomic E-state index is 5.09. The molecule has 0 radical (unpaired) electrons. The molecule has 0 aliphatic rings. The summed E-state index contributed by atoms with van der Waals surface area (Å²) >= 11 is 0. The molecule has 18 heavy (non-hydrogen) atoms. The Hall–Kier alpha value is -1.82. The van der Waals surface area contributed by atoms with Crippen molar-refractivity contribution >= 4 is 17.3 Å². The number of imidazole rings is 1. The summed E-state index contributed by atoms with van der Waals surface area (Å²) in [6.07, 6.45) is 5.64. The van der Waals surface area contributed by atoms with Gasteiger partial charge in [0.1, 0.15) is 5.82 Å². The van der Waals surface area contributed by atoms with E-state index in [2.05, 4.69) is 15.3 Å². The number of anilines is 2. The molecular weight excluding hydrogens is 230 g/mol. The molecule has 0 aromatic carbocycles. The van der Waals surface area contributed by atoms with E-state index in [0.29, 0.717) is 6.61 Å². The smallest absolute Gasteiger partial charge is 0.180 e. The third kappa shape index (κ3) is 2.53. The van der Waals surface area contributed by atoms with Gasteiger partial charge >= 0.3 is 0 Å². The fourth-order valence-corrected chi connectivity index (χ4v) is 1.77. The van der Waals surface area contributed by atoms with E-state index in [9.17, 15) is 0 Å². The van der Waals surface area contributed by atoms with Gasteiger partial charge in [0.2, 0.25) is 0 Å². The summed E-state index contributed by atoms with van der Waals surface area (Å²) in [6, 6.07) is 0. The molecule has 2 rings (SSSR count). The van der Waals surface area contributed by atoms with Crippen molar-refractivity contribution < 1.29 is 4.74 Å². The zero-order chi connectivity index (χ0) is 13.0. The monoisotopic (exact) mass is 249 g/mol. The molecule has 0 unspecified atom stereocenters. The van der Waals surface area contributed by atoms with Crippen molar-refractivity contribution in [3.63, 3.8) is 0 Å². The Labute approximate surface area is 107 Å². The Morgan fingerprint density at radius 1 is 1.50 bits per heavy atom. The molecule has 0 atom stereocenters. The predicted octanol–water partition coefficient (Wildman–Crippen LogP) is 1.24. The zero-order valence-electron chi connectivity index (χ0n) is 11.1. The molecule has 0 bridgehead atoms. The summed E-state index contributed by atoms with van der Waals surface area (Å²) < 4.78 is 7.07. The zero-order valence-corrected chi connectivity index (χ0v) is 11.1. The fraction of sp³-hybridized carbons (Fsp3) is 0.500. The van der Waals surface area contributed by atoms with Crippen LogP contribution in [0.15, 0.2) is 18.6 Å². The third-order valence-corrected chi connectivity index (χ3v) is 2.71. The summed E-state index contributed by atoms with van der Waals surface area (Å²) in [5.74, 6) is 1.71. The Balaban J connectivity index is 2.36. The van der Waals surface area contributed by atoms with Gasteiger partial charge in [-0.25, -0.2) is 9.97 Å². The Morgan fingerprint density at radius 3 is 3.06 bits per heavy atom. The van der Waals surface area contributed by atoms with Crippen molar-refractivity contribution in [1.82, 2.24) is 14.4 Å². The van der Waals surface area contributed by atoms with Gasteiger partial charge in [0.15, 0.2) is 11.5 Å². The standard InChI is InChI=1S/C12H19N5O/c1-4-13-10-9-17-6-5-14-11(17)12(15-10)16(2)7-8-18-3/h5-6,9,13H,4,7-8H2,1-3H3. The number of nitrogens with zero attached hydrogens (tertiary/aromatic N) is 4. The molecule has 0 amide bonds. The summed E-state index contributed by atoms with van der Waals surface area (Å²) in [7, 11) is 3.69.